The van der Waals surface area contributed by atoms with Crippen molar-refractivity contribution in [1.29, 1.82) is 0 Å². The minimum atomic E-state index is -0.367. The van der Waals surface area contributed by atoms with Gasteiger partial charge in [-0.05, 0) is 0 Å². The maximum atomic E-state index is 11.5. The van der Waals surface area contributed by atoms with Gasteiger partial charge in [-0.1, -0.05) is 0 Å². The Bertz CT molecular complexity index is 391. The monoisotopic (exact) mass is 238 g/mol. The van der Waals surface area contributed by atoms with E-state index in [4.69, 9.17) is 4.74 Å². The van der Waals surface area contributed by atoms with Gasteiger partial charge in [0.15, 0.2) is 0 Å². The van der Waals surface area contributed by atoms with Gasteiger partial charge in [-0.25, -0.2) is 4.98 Å². The van der Waals surface area contributed by atoms with Gasteiger partial charge >= 0.3 is 0 Å². The number of carbonyl (C=O) groups is 1. The summed E-state index contributed by atoms with van der Waals surface area (Å²) in [6, 6.07) is 0. The van der Waals surface area contributed by atoms with Gasteiger partial charge in [0.2, 0.25) is 5.91 Å². The summed E-state index contributed by atoms with van der Waals surface area (Å²) in [6.45, 7) is 2.79. The highest BCUT2D eigenvalue weighted by molar-refractivity contribution is 5.80. The molecule has 6 nitrogen and oxygen atoms in total. The summed E-state index contributed by atoms with van der Waals surface area (Å²) < 4.78 is 7.42. The molecule has 1 unspecified atom stereocenters. The van der Waals surface area contributed by atoms with E-state index in [1.54, 1.807) is 13.2 Å². The Hall–Kier alpha value is -1.40. The van der Waals surface area contributed by atoms with Crippen LogP contribution >= 0.6 is 0 Å². The third kappa shape index (κ3) is 2.83. The molecule has 1 saturated heterocycles. The molecule has 17 heavy (non-hydrogen) atoms. The van der Waals surface area contributed by atoms with Crippen LogP contribution in [0.1, 0.15) is 5.82 Å². The van der Waals surface area contributed by atoms with E-state index in [1.807, 2.05) is 17.8 Å². The number of aryl methyl sites for hydroxylation is 1. The second-order valence-electron chi connectivity index (χ2n) is 4.16. The zero-order valence-corrected chi connectivity index (χ0v) is 10.2. The van der Waals surface area contributed by atoms with Crippen molar-refractivity contribution < 1.29 is 9.53 Å². The van der Waals surface area contributed by atoms with Crippen LogP contribution in [0, 0.1) is 0 Å². The number of nitrogens with zero attached hydrogens (tertiary/aromatic N) is 3. The van der Waals surface area contributed by atoms with Crippen molar-refractivity contribution in [3.8, 4) is 0 Å². The fourth-order valence-corrected chi connectivity index (χ4v) is 1.91. The van der Waals surface area contributed by atoms with Gasteiger partial charge in [-0.3, -0.25) is 9.69 Å². The van der Waals surface area contributed by atoms with Gasteiger partial charge in [0.1, 0.15) is 11.9 Å². The molecule has 6 heteroatoms. The van der Waals surface area contributed by atoms with Crippen LogP contribution in [0.4, 0.5) is 0 Å². The summed E-state index contributed by atoms with van der Waals surface area (Å²) in [4.78, 5) is 18.0. The molecule has 0 saturated carbocycles. The number of rotatable bonds is 3. The van der Waals surface area contributed by atoms with Gasteiger partial charge in [0, 0.05) is 39.6 Å². The van der Waals surface area contributed by atoms with E-state index in [-0.39, 0.29) is 12.0 Å². The highest BCUT2D eigenvalue weighted by Gasteiger charge is 2.26. The lowest BCUT2D eigenvalue weighted by atomic mass is 10.2. The molecule has 1 atom stereocenters. The van der Waals surface area contributed by atoms with Crippen LogP contribution in [0.25, 0.3) is 0 Å². The van der Waals surface area contributed by atoms with Crippen LogP contribution in [-0.2, 0) is 23.1 Å². The van der Waals surface area contributed by atoms with Crippen molar-refractivity contribution in [3.05, 3.63) is 18.2 Å². The van der Waals surface area contributed by atoms with E-state index in [1.165, 1.54) is 0 Å². The molecule has 2 rings (SSSR count). The number of nitrogens with one attached hydrogen (secondary N) is 1. The molecule has 1 aliphatic rings. The van der Waals surface area contributed by atoms with Crippen LogP contribution in [0.15, 0.2) is 12.4 Å². The van der Waals surface area contributed by atoms with E-state index in [9.17, 15) is 4.79 Å². The lowest BCUT2D eigenvalue weighted by Gasteiger charge is -2.31. The van der Waals surface area contributed by atoms with Gasteiger partial charge < -0.3 is 14.6 Å². The maximum absolute atomic E-state index is 11.5. The van der Waals surface area contributed by atoms with Crippen LogP contribution < -0.4 is 5.32 Å². The van der Waals surface area contributed by atoms with Crippen LogP contribution in [0.5, 0.6) is 0 Å². The van der Waals surface area contributed by atoms with Crippen LogP contribution in [-0.4, -0.2) is 53.2 Å². The topological polar surface area (TPSA) is 59.4 Å². The molecule has 1 fully saturated rings. The van der Waals surface area contributed by atoms with Crippen LogP contribution in [0.2, 0.25) is 0 Å². The van der Waals surface area contributed by atoms with E-state index < -0.39 is 0 Å². The summed E-state index contributed by atoms with van der Waals surface area (Å²) in [5.74, 6) is 0.942. The predicted molar refractivity (Wildman–Crippen MR) is 62.3 cm³/mol. The quantitative estimate of drug-likeness (QED) is 0.761. The number of morpholine rings is 1. The molecule has 1 aromatic rings. The van der Waals surface area contributed by atoms with E-state index >= 15 is 0 Å². The smallest absolute Gasteiger partial charge is 0.250 e. The van der Waals surface area contributed by atoms with Gasteiger partial charge in [-0.15, -0.1) is 0 Å². The lowest BCUT2D eigenvalue weighted by molar-refractivity contribution is -0.138. The molecule has 2 heterocycles. The van der Waals surface area contributed by atoms with Gasteiger partial charge in [0.25, 0.3) is 0 Å². The number of hydrogen-bond acceptors (Lipinski definition) is 4. The van der Waals surface area contributed by atoms with E-state index in [0.29, 0.717) is 13.2 Å². The molecule has 0 aliphatic carbocycles. The van der Waals surface area contributed by atoms with Gasteiger partial charge in [0.05, 0.1) is 13.2 Å². The van der Waals surface area contributed by atoms with Crippen molar-refractivity contribution >= 4 is 5.91 Å². The second-order valence-corrected chi connectivity index (χ2v) is 4.16. The number of carbonyl (C=O) groups excluding carboxylic acids is 1. The molecule has 0 spiro atoms. The fourth-order valence-electron chi connectivity index (χ4n) is 1.91. The molecule has 1 aromatic heterocycles. The van der Waals surface area contributed by atoms with E-state index in [2.05, 4.69) is 15.2 Å². The van der Waals surface area contributed by atoms with Gasteiger partial charge in [-0.2, -0.15) is 0 Å². The average molecular weight is 238 g/mol. The molecular formula is C11H18N4O2. The first-order chi connectivity index (χ1) is 8.20. The number of hydrogen-bond donors (Lipinski definition) is 1. The third-order valence-corrected chi connectivity index (χ3v) is 2.98. The van der Waals surface area contributed by atoms with Crippen molar-refractivity contribution in [1.82, 2.24) is 19.8 Å². The van der Waals surface area contributed by atoms with Crippen molar-refractivity contribution in [2.75, 3.05) is 26.7 Å². The Morgan fingerprint density at radius 3 is 3.18 bits per heavy atom. The molecule has 94 valence electrons. The minimum Gasteiger partial charge on any atom is -0.366 e. The summed E-state index contributed by atoms with van der Waals surface area (Å²) >= 11 is 0. The summed E-state index contributed by atoms with van der Waals surface area (Å²) in [5, 5.41) is 2.61. The minimum absolute atomic E-state index is 0.0606. The molecule has 1 amide bonds. The Balaban J connectivity index is 1.94. The third-order valence-electron chi connectivity index (χ3n) is 2.98. The first-order valence-electron chi connectivity index (χ1n) is 5.72. The summed E-state index contributed by atoms with van der Waals surface area (Å²) in [7, 11) is 3.60. The highest BCUT2D eigenvalue weighted by atomic mass is 16.5. The molecule has 0 bridgehead atoms. The Morgan fingerprint density at radius 2 is 2.53 bits per heavy atom. The molecule has 0 radical (unpaired) electrons. The lowest BCUT2D eigenvalue weighted by Crippen LogP contribution is -2.48. The SMILES string of the molecule is CNC(=O)C1CN(Cc2nccn2C)CCO1. The predicted octanol–water partition coefficient (Wildman–Crippen LogP) is -0.633. The number of amides is 1. The van der Waals surface area contributed by atoms with Crippen molar-refractivity contribution in [2.45, 2.75) is 12.6 Å². The Kier molecular flexibility index (Phi) is 3.75. The van der Waals surface area contributed by atoms with Crippen molar-refractivity contribution in [2.24, 2.45) is 7.05 Å². The maximum Gasteiger partial charge on any atom is 0.250 e. The average Bonchev–Trinajstić information content (AvgIpc) is 2.74. The number of aromatic nitrogens is 2. The largest absolute Gasteiger partial charge is 0.366 e. The fraction of sp³-hybridized carbons (Fsp3) is 0.636. The Labute approximate surface area is 101 Å². The summed E-state index contributed by atoms with van der Waals surface area (Å²) in [6.07, 6.45) is 3.34. The second kappa shape index (κ2) is 5.29. The first kappa shape index (κ1) is 12.1. The summed E-state index contributed by atoms with van der Waals surface area (Å²) in [5.41, 5.74) is 0. The zero-order chi connectivity index (χ0) is 12.3. The molecule has 1 N–H and O–H groups in total. The van der Waals surface area contributed by atoms with Crippen LogP contribution in [0.3, 0.4) is 0 Å². The molecule has 0 aromatic carbocycles. The number of likely N-dealkylation sites (N-methyl/N-ethyl adjacent to an activating group) is 1. The van der Waals surface area contributed by atoms with E-state index in [0.717, 1.165) is 18.9 Å². The normalized spacial score (nSPS) is 21.4. The standard InChI is InChI=1S/C11H18N4O2/c1-12-11(16)9-7-15(5-6-17-9)8-10-13-3-4-14(10)2/h3-4,9H,5-8H2,1-2H3,(H,12,16). The number of imidazole rings is 1. The highest BCUT2D eigenvalue weighted by Crippen LogP contribution is 2.09. The molecular weight excluding hydrogens is 220 g/mol. The molecule has 1 aliphatic heterocycles. The number of ether oxygens (including phenoxy) is 1. The zero-order valence-electron chi connectivity index (χ0n) is 10.2. The van der Waals surface area contributed by atoms with Crippen molar-refractivity contribution in [3.63, 3.8) is 0 Å². The Morgan fingerprint density at radius 1 is 1.71 bits per heavy atom. The first-order valence-corrected chi connectivity index (χ1v) is 5.72.